The van der Waals surface area contributed by atoms with Crippen molar-refractivity contribution >= 4 is 10.9 Å². The van der Waals surface area contributed by atoms with Crippen molar-refractivity contribution in [2.24, 2.45) is 0 Å². The van der Waals surface area contributed by atoms with Crippen LogP contribution >= 0.6 is 0 Å². The first-order valence-corrected chi connectivity index (χ1v) is 9.02. The lowest BCUT2D eigenvalue weighted by atomic mass is 10.2. The van der Waals surface area contributed by atoms with Crippen molar-refractivity contribution in [2.45, 2.75) is 26.7 Å². The highest BCUT2D eigenvalue weighted by Gasteiger charge is 2.19. The third-order valence-corrected chi connectivity index (χ3v) is 4.86. The highest BCUT2D eigenvalue weighted by Crippen LogP contribution is 2.31. The van der Waals surface area contributed by atoms with E-state index in [2.05, 4.69) is 26.9 Å². The van der Waals surface area contributed by atoms with Crippen molar-refractivity contribution in [3.8, 4) is 5.88 Å². The average Bonchev–Trinajstić information content (AvgIpc) is 3.00. The van der Waals surface area contributed by atoms with E-state index in [1.165, 1.54) is 12.1 Å². The van der Waals surface area contributed by atoms with Gasteiger partial charge in [0.1, 0.15) is 17.9 Å². The van der Waals surface area contributed by atoms with Gasteiger partial charge in [-0.05, 0) is 30.2 Å². The van der Waals surface area contributed by atoms with E-state index in [0.717, 1.165) is 33.3 Å². The zero-order valence-corrected chi connectivity index (χ0v) is 15.5. The Morgan fingerprint density at radius 3 is 2.50 bits per heavy atom. The molecule has 2 aromatic heterocycles. The normalized spacial score (nSPS) is 11.1. The van der Waals surface area contributed by atoms with E-state index in [0.29, 0.717) is 12.4 Å². The van der Waals surface area contributed by atoms with Gasteiger partial charge in [-0.3, -0.25) is 0 Å². The lowest BCUT2D eigenvalue weighted by Gasteiger charge is -2.12. The van der Waals surface area contributed by atoms with Gasteiger partial charge in [-0.1, -0.05) is 42.5 Å². The van der Waals surface area contributed by atoms with E-state index in [4.69, 9.17) is 4.74 Å². The number of halogens is 1. The van der Waals surface area contributed by atoms with Gasteiger partial charge < -0.3 is 14.4 Å². The molecule has 4 aromatic rings. The number of aliphatic hydroxyl groups excluding tert-OH is 1. The molecular weight excluding hydrogens is 357 g/mol. The summed E-state index contributed by atoms with van der Waals surface area (Å²) in [6, 6.07) is 16.2. The molecule has 0 amide bonds. The van der Waals surface area contributed by atoms with Gasteiger partial charge in [0.05, 0.1) is 12.8 Å². The third-order valence-electron chi connectivity index (χ3n) is 4.86. The van der Waals surface area contributed by atoms with Crippen molar-refractivity contribution in [3.05, 3.63) is 89.0 Å². The Morgan fingerprint density at radius 1 is 1.04 bits per heavy atom. The van der Waals surface area contributed by atoms with Crippen LogP contribution in [0.15, 0.2) is 60.8 Å². The molecule has 2 heterocycles. The minimum absolute atomic E-state index is 0.0901. The lowest BCUT2D eigenvalue weighted by molar-refractivity contribution is 0.282. The fraction of sp³-hybridized carbons (Fsp3) is 0.182. The fourth-order valence-electron chi connectivity index (χ4n) is 3.36. The van der Waals surface area contributed by atoms with Crippen molar-refractivity contribution in [1.82, 2.24) is 14.8 Å². The van der Waals surface area contributed by atoms with E-state index in [-0.39, 0.29) is 19.0 Å². The Bertz CT molecular complexity index is 1090. The molecule has 0 unspecified atom stereocenters. The van der Waals surface area contributed by atoms with Gasteiger partial charge in [-0.15, -0.1) is 5.10 Å². The number of hydrogen-bond acceptors (Lipinski definition) is 4. The van der Waals surface area contributed by atoms with Crippen LogP contribution in [0.2, 0.25) is 0 Å². The highest BCUT2D eigenvalue weighted by atomic mass is 19.1. The van der Waals surface area contributed by atoms with Crippen molar-refractivity contribution in [2.75, 3.05) is 0 Å². The molecule has 0 aliphatic carbocycles. The van der Waals surface area contributed by atoms with Crippen molar-refractivity contribution < 1.29 is 14.2 Å². The molecule has 1 N–H and O–H groups in total. The molecule has 2 aromatic carbocycles. The zero-order valence-electron chi connectivity index (χ0n) is 15.5. The number of fused-ring (bicyclic) bond motifs is 1. The second kappa shape index (κ2) is 7.78. The summed E-state index contributed by atoms with van der Waals surface area (Å²) < 4.78 is 21.1. The molecule has 0 saturated carbocycles. The number of benzene rings is 2. The molecule has 0 atom stereocenters. The first-order chi connectivity index (χ1) is 13.7. The molecule has 0 aliphatic heterocycles. The lowest BCUT2D eigenvalue weighted by Crippen LogP contribution is -2.05. The summed E-state index contributed by atoms with van der Waals surface area (Å²) in [5, 5.41) is 18.9. The number of aliphatic hydroxyl groups is 1. The predicted octanol–water partition coefficient (Wildman–Crippen LogP) is 4.00. The minimum Gasteiger partial charge on any atom is -0.470 e. The maximum Gasteiger partial charge on any atom is 0.258 e. The van der Waals surface area contributed by atoms with Gasteiger partial charge in [0, 0.05) is 23.2 Å². The number of aromatic nitrogens is 3. The van der Waals surface area contributed by atoms with E-state index in [1.807, 2.05) is 25.1 Å². The molecule has 142 valence electrons. The number of ether oxygens (including phenoxy) is 1. The Labute approximate surface area is 162 Å². The summed E-state index contributed by atoms with van der Waals surface area (Å²) in [7, 11) is 0. The largest absolute Gasteiger partial charge is 0.470 e. The van der Waals surface area contributed by atoms with E-state index >= 15 is 0 Å². The summed E-state index contributed by atoms with van der Waals surface area (Å²) in [5.41, 5.74) is 4.52. The zero-order chi connectivity index (χ0) is 19.5. The SMILES string of the molecule is Cc1c(CO)c2cnnc(OCc3ccc(F)cc3)c2n1Cc1ccccc1. The van der Waals surface area contributed by atoms with Crippen LogP contribution in [0.25, 0.3) is 10.9 Å². The molecule has 4 rings (SSSR count). The van der Waals surface area contributed by atoms with E-state index in [1.54, 1.807) is 18.3 Å². The average molecular weight is 377 g/mol. The van der Waals surface area contributed by atoms with Gasteiger partial charge in [0.25, 0.3) is 5.88 Å². The van der Waals surface area contributed by atoms with Gasteiger partial charge in [0.2, 0.25) is 0 Å². The fourth-order valence-corrected chi connectivity index (χ4v) is 3.36. The Kier molecular flexibility index (Phi) is 5.04. The summed E-state index contributed by atoms with van der Waals surface area (Å²) in [5.74, 6) is 0.103. The molecule has 0 bridgehead atoms. The van der Waals surface area contributed by atoms with Crippen LogP contribution in [0.5, 0.6) is 5.88 Å². The molecule has 5 nitrogen and oxygen atoms in total. The Balaban J connectivity index is 1.75. The second-order valence-electron chi connectivity index (χ2n) is 6.62. The van der Waals surface area contributed by atoms with E-state index in [9.17, 15) is 9.50 Å². The molecule has 0 radical (unpaired) electrons. The number of nitrogens with zero attached hydrogens (tertiary/aromatic N) is 3. The highest BCUT2D eigenvalue weighted by molar-refractivity contribution is 5.88. The van der Waals surface area contributed by atoms with Gasteiger partial charge in [-0.2, -0.15) is 5.10 Å². The number of rotatable bonds is 6. The Morgan fingerprint density at radius 2 is 1.79 bits per heavy atom. The standard InChI is InChI=1S/C22H20FN3O2/c1-15-20(13-27)19-11-24-25-22(28-14-17-7-9-18(23)10-8-17)21(19)26(15)12-16-5-3-2-4-6-16/h2-11,27H,12-14H2,1H3. The van der Waals surface area contributed by atoms with Gasteiger partial charge in [-0.25, -0.2) is 4.39 Å². The minimum atomic E-state index is -0.286. The maximum absolute atomic E-state index is 13.1. The first-order valence-electron chi connectivity index (χ1n) is 9.02. The Hall–Kier alpha value is -3.25. The molecule has 0 saturated heterocycles. The molecule has 28 heavy (non-hydrogen) atoms. The topological polar surface area (TPSA) is 60.2 Å². The predicted molar refractivity (Wildman–Crippen MR) is 104 cm³/mol. The summed E-state index contributed by atoms with van der Waals surface area (Å²) in [4.78, 5) is 0. The van der Waals surface area contributed by atoms with Crippen molar-refractivity contribution in [3.63, 3.8) is 0 Å². The quantitative estimate of drug-likeness (QED) is 0.552. The first kappa shape index (κ1) is 18.1. The van der Waals surface area contributed by atoms with Crippen LogP contribution in [0.4, 0.5) is 4.39 Å². The number of hydrogen-bond donors (Lipinski definition) is 1. The molecule has 0 spiro atoms. The van der Waals surface area contributed by atoms with Crippen LogP contribution in [0, 0.1) is 12.7 Å². The van der Waals surface area contributed by atoms with Crippen LogP contribution < -0.4 is 4.74 Å². The molecule has 6 heteroatoms. The summed E-state index contributed by atoms with van der Waals surface area (Å²) in [6.45, 7) is 2.76. The van der Waals surface area contributed by atoms with Crippen LogP contribution in [-0.4, -0.2) is 19.9 Å². The van der Waals surface area contributed by atoms with Crippen molar-refractivity contribution in [1.29, 1.82) is 0 Å². The summed E-state index contributed by atoms with van der Waals surface area (Å²) >= 11 is 0. The molecular formula is C22H20FN3O2. The van der Waals surface area contributed by atoms with Gasteiger partial charge >= 0.3 is 0 Å². The summed E-state index contributed by atoms with van der Waals surface area (Å²) in [6.07, 6.45) is 1.65. The molecule has 0 aliphatic rings. The van der Waals surface area contributed by atoms with Crippen LogP contribution in [-0.2, 0) is 19.8 Å². The second-order valence-corrected chi connectivity index (χ2v) is 6.62. The maximum atomic E-state index is 13.1. The van der Waals surface area contributed by atoms with Crippen LogP contribution in [0.1, 0.15) is 22.4 Å². The van der Waals surface area contributed by atoms with Gasteiger partial charge in [0.15, 0.2) is 0 Å². The monoisotopic (exact) mass is 377 g/mol. The molecule has 0 fully saturated rings. The van der Waals surface area contributed by atoms with Crippen LogP contribution in [0.3, 0.4) is 0 Å². The van der Waals surface area contributed by atoms with E-state index < -0.39 is 0 Å². The third kappa shape index (κ3) is 3.46. The smallest absolute Gasteiger partial charge is 0.258 e.